The fraction of sp³-hybridized carbons (Fsp3) is 1.00. The number of ether oxygens (including phenoxy) is 1. The van der Waals surface area contributed by atoms with Crippen LogP contribution in [0.1, 0.15) is 72.6 Å². The molecule has 2 unspecified atom stereocenters. The first kappa shape index (κ1) is 18.3. The zero-order valence-electron chi connectivity index (χ0n) is 15.7. The SMILES string of the molecule is BCCCCCCC1CC(CC(C)C)C2(COC2)N1C(C)C. The molecule has 2 saturated heterocycles. The van der Waals surface area contributed by atoms with E-state index in [4.69, 9.17) is 4.74 Å². The molecule has 1 spiro atoms. The molecule has 0 amide bonds. The Morgan fingerprint density at radius 1 is 1.09 bits per heavy atom. The Morgan fingerprint density at radius 2 is 1.77 bits per heavy atom. The number of likely N-dealkylation sites (tertiary alicyclic amines) is 1. The summed E-state index contributed by atoms with van der Waals surface area (Å²) in [5, 5.41) is 0. The number of unbranched alkanes of at least 4 members (excludes halogenated alkanes) is 3. The van der Waals surface area contributed by atoms with Crippen LogP contribution >= 0.6 is 0 Å². The fourth-order valence-corrected chi connectivity index (χ4v) is 4.99. The molecule has 22 heavy (non-hydrogen) atoms. The monoisotopic (exact) mass is 307 g/mol. The number of hydrogen-bond acceptors (Lipinski definition) is 2. The largest absolute Gasteiger partial charge is 0.377 e. The lowest BCUT2D eigenvalue weighted by Crippen LogP contribution is -2.65. The highest BCUT2D eigenvalue weighted by molar-refractivity contribution is 6.08. The average molecular weight is 307 g/mol. The van der Waals surface area contributed by atoms with Crippen LogP contribution in [0.15, 0.2) is 0 Å². The summed E-state index contributed by atoms with van der Waals surface area (Å²) in [5.74, 6) is 1.66. The summed E-state index contributed by atoms with van der Waals surface area (Å²) < 4.78 is 5.72. The van der Waals surface area contributed by atoms with E-state index in [2.05, 4.69) is 40.4 Å². The quantitative estimate of drug-likeness (QED) is 0.473. The molecule has 0 aromatic rings. The van der Waals surface area contributed by atoms with E-state index in [1.807, 2.05) is 0 Å². The molecule has 0 saturated carbocycles. The predicted molar refractivity (Wildman–Crippen MR) is 98.3 cm³/mol. The molecule has 0 aromatic heterocycles. The van der Waals surface area contributed by atoms with E-state index in [1.54, 1.807) is 0 Å². The van der Waals surface area contributed by atoms with Crippen molar-refractivity contribution in [2.75, 3.05) is 13.2 Å². The standard InChI is InChI=1S/C19H38BNO/c1-15(2)11-17-12-18(9-7-5-6-8-10-20)21(16(3)4)19(17)13-22-14-19/h15-18H,5-14,20H2,1-4H3. The van der Waals surface area contributed by atoms with E-state index >= 15 is 0 Å². The first-order valence-electron chi connectivity index (χ1n) is 9.87. The van der Waals surface area contributed by atoms with Gasteiger partial charge in [0.05, 0.1) is 18.8 Å². The third-order valence-electron chi connectivity index (χ3n) is 5.88. The minimum absolute atomic E-state index is 0.381. The Labute approximate surface area is 139 Å². The van der Waals surface area contributed by atoms with Gasteiger partial charge in [-0.25, -0.2) is 0 Å². The van der Waals surface area contributed by atoms with Crippen molar-refractivity contribution in [1.29, 1.82) is 0 Å². The van der Waals surface area contributed by atoms with Crippen LogP contribution < -0.4 is 0 Å². The summed E-state index contributed by atoms with van der Waals surface area (Å²) in [7, 11) is 2.30. The molecule has 3 heteroatoms. The summed E-state index contributed by atoms with van der Waals surface area (Å²) in [5.41, 5.74) is 0.381. The Bertz CT molecular complexity index is 327. The first-order chi connectivity index (χ1) is 10.5. The van der Waals surface area contributed by atoms with E-state index in [0.29, 0.717) is 11.6 Å². The maximum atomic E-state index is 5.72. The smallest absolute Gasteiger partial charge is 0.101 e. The van der Waals surface area contributed by atoms with E-state index in [0.717, 1.165) is 31.1 Å². The second kappa shape index (κ2) is 8.19. The summed E-state index contributed by atoms with van der Waals surface area (Å²) in [6.45, 7) is 11.5. The average Bonchev–Trinajstić information content (AvgIpc) is 2.71. The van der Waals surface area contributed by atoms with Crippen LogP contribution in [0.3, 0.4) is 0 Å². The normalized spacial score (nSPS) is 27.9. The van der Waals surface area contributed by atoms with Gasteiger partial charge in [0.2, 0.25) is 0 Å². The molecule has 128 valence electrons. The van der Waals surface area contributed by atoms with Crippen LogP contribution in [0.5, 0.6) is 0 Å². The van der Waals surface area contributed by atoms with Gasteiger partial charge >= 0.3 is 0 Å². The topological polar surface area (TPSA) is 12.5 Å². The molecular weight excluding hydrogens is 269 g/mol. The molecule has 2 heterocycles. The van der Waals surface area contributed by atoms with Gasteiger partial charge in [0.25, 0.3) is 0 Å². The molecule has 2 atom stereocenters. The molecule has 2 fully saturated rings. The van der Waals surface area contributed by atoms with Crippen molar-refractivity contribution in [3.8, 4) is 0 Å². The minimum atomic E-state index is 0.381. The Morgan fingerprint density at radius 3 is 2.27 bits per heavy atom. The summed E-state index contributed by atoms with van der Waals surface area (Å²) in [6.07, 6.45) is 11.2. The second-order valence-corrected chi connectivity index (χ2v) is 8.52. The molecule has 0 N–H and O–H groups in total. The molecular formula is C19H38BNO. The van der Waals surface area contributed by atoms with E-state index < -0.39 is 0 Å². The number of nitrogens with zero attached hydrogens (tertiary/aromatic N) is 1. The molecule has 0 aliphatic carbocycles. The van der Waals surface area contributed by atoms with Gasteiger partial charge in [-0.2, -0.15) is 0 Å². The van der Waals surface area contributed by atoms with Gasteiger partial charge in [0.15, 0.2) is 0 Å². The molecule has 0 bridgehead atoms. The van der Waals surface area contributed by atoms with Gasteiger partial charge in [-0.15, -0.1) is 0 Å². The molecule has 2 nitrogen and oxygen atoms in total. The van der Waals surface area contributed by atoms with Crippen molar-refractivity contribution in [2.24, 2.45) is 11.8 Å². The molecule has 0 radical (unpaired) electrons. The van der Waals surface area contributed by atoms with Crippen LogP contribution in [0, 0.1) is 11.8 Å². The van der Waals surface area contributed by atoms with Crippen molar-refractivity contribution in [1.82, 2.24) is 4.90 Å². The summed E-state index contributed by atoms with van der Waals surface area (Å²) >= 11 is 0. The van der Waals surface area contributed by atoms with Crippen molar-refractivity contribution < 1.29 is 4.74 Å². The lowest BCUT2D eigenvalue weighted by Gasteiger charge is -2.52. The zero-order chi connectivity index (χ0) is 16.2. The van der Waals surface area contributed by atoms with Crippen molar-refractivity contribution in [3.05, 3.63) is 0 Å². The number of hydrogen-bond donors (Lipinski definition) is 0. The molecule has 0 aromatic carbocycles. The highest BCUT2D eigenvalue weighted by Gasteiger charge is 2.57. The molecule has 2 aliphatic rings. The van der Waals surface area contributed by atoms with Gasteiger partial charge in [-0.3, -0.25) is 4.90 Å². The van der Waals surface area contributed by atoms with E-state index in [9.17, 15) is 0 Å². The lowest BCUT2D eigenvalue weighted by atomic mass is 9.77. The summed E-state index contributed by atoms with van der Waals surface area (Å²) in [4.78, 5) is 2.86. The van der Waals surface area contributed by atoms with Gasteiger partial charge in [-0.1, -0.05) is 45.9 Å². The predicted octanol–water partition coefficient (Wildman–Crippen LogP) is 3.90. The van der Waals surface area contributed by atoms with Crippen LogP contribution in [-0.4, -0.2) is 43.6 Å². The Kier molecular flexibility index (Phi) is 6.82. The van der Waals surface area contributed by atoms with E-state index in [-0.39, 0.29) is 0 Å². The van der Waals surface area contributed by atoms with Crippen LogP contribution in [0.4, 0.5) is 0 Å². The Balaban J connectivity index is 1.96. The first-order valence-corrected chi connectivity index (χ1v) is 9.87. The highest BCUT2D eigenvalue weighted by atomic mass is 16.5. The van der Waals surface area contributed by atoms with Crippen molar-refractivity contribution in [2.45, 2.75) is 96.6 Å². The van der Waals surface area contributed by atoms with Crippen LogP contribution in [0.25, 0.3) is 0 Å². The van der Waals surface area contributed by atoms with Gasteiger partial charge in [0, 0.05) is 12.1 Å². The van der Waals surface area contributed by atoms with Crippen LogP contribution in [0.2, 0.25) is 6.32 Å². The van der Waals surface area contributed by atoms with E-state index in [1.165, 1.54) is 51.3 Å². The van der Waals surface area contributed by atoms with Gasteiger partial charge in [-0.05, 0) is 44.9 Å². The van der Waals surface area contributed by atoms with Gasteiger partial charge in [0.1, 0.15) is 7.85 Å². The second-order valence-electron chi connectivity index (χ2n) is 8.52. The lowest BCUT2D eigenvalue weighted by molar-refractivity contribution is -0.161. The molecule has 2 aliphatic heterocycles. The highest BCUT2D eigenvalue weighted by Crippen LogP contribution is 2.48. The zero-order valence-corrected chi connectivity index (χ0v) is 15.7. The maximum Gasteiger partial charge on any atom is 0.101 e. The fourth-order valence-electron chi connectivity index (χ4n) is 4.99. The van der Waals surface area contributed by atoms with Crippen LogP contribution in [-0.2, 0) is 4.74 Å². The Hall–Kier alpha value is -0.0151. The number of rotatable bonds is 9. The summed E-state index contributed by atoms with van der Waals surface area (Å²) in [6, 6.07) is 1.45. The van der Waals surface area contributed by atoms with Gasteiger partial charge < -0.3 is 4.74 Å². The third kappa shape index (κ3) is 3.90. The molecule has 2 rings (SSSR count). The maximum absolute atomic E-state index is 5.72. The minimum Gasteiger partial charge on any atom is -0.377 e. The van der Waals surface area contributed by atoms with Crippen molar-refractivity contribution >= 4 is 7.85 Å². The van der Waals surface area contributed by atoms with Crippen molar-refractivity contribution in [3.63, 3.8) is 0 Å². The third-order valence-corrected chi connectivity index (χ3v) is 5.88.